The van der Waals surface area contributed by atoms with Crippen LogP contribution in [0, 0.1) is 0 Å². The Morgan fingerprint density at radius 2 is 1.88 bits per heavy atom. The van der Waals surface area contributed by atoms with Crippen molar-refractivity contribution < 1.29 is 24.6 Å². The van der Waals surface area contributed by atoms with E-state index in [0.29, 0.717) is 0 Å². The second kappa shape index (κ2) is 9.20. The third-order valence-electron chi connectivity index (χ3n) is 3.01. The highest BCUT2D eigenvalue weighted by molar-refractivity contribution is 5.87. The zero-order valence-electron chi connectivity index (χ0n) is 12.9. The number of amides is 1. The summed E-state index contributed by atoms with van der Waals surface area (Å²) in [7, 11) is 0. The van der Waals surface area contributed by atoms with Crippen molar-refractivity contribution in [3.63, 3.8) is 0 Å². The molecule has 0 saturated heterocycles. The summed E-state index contributed by atoms with van der Waals surface area (Å²) in [5, 5.41) is 23.9. The zero-order valence-corrected chi connectivity index (χ0v) is 12.9. The Morgan fingerprint density at radius 1 is 1.25 bits per heavy atom. The van der Waals surface area contributed by atoms with Gasteiger partial charge in [0.1, 0.15) is 18.4 Å². The van der Waals surface area contributed by atoms with E-state index < -0.39 is 24.0 Å². The Labute approximate surface area is 138 Å². The van der Waals surface area contributed by atoms with Crippen LogP contribution >= 0.6 is 0 Å². The fourth-order valence-electron chi connectivity index (χ4n) is 1.81. The van der Waals surface area contributed by atoms with Gasteiger partial charge in [-0.3, -0.25) is 4.79 Å². The average Bonchev–Trinajstić information content (AvgIpc) is 2.51. The molecule has 0 aliphatic rings. The minimum absolute atomic E-state index is 0.0379. The number of carbonyl (C=O) groups excluding carboxylic acids is 1. The summed E-state index contributed by atoms with van der Waals surface area (Å²) in [5.41, 5.74) is 16.6. The minimum Gasteiger partial charge on any atom is -0.508 e. The van der Waals surface area contributed by atoms with E-state index in [1.807, 2.05) is 0 Å². The van der Waals surface area contributed by atoms with Gasteiger partial charge in [-0.05, 0) is 29.3 Å². The SMILES string of the molecule is NC(N)=NOCCC(NC(=O)[C@@H](N)Cc1ccc(O)cc1)C(=O)O. The van der Waals surface area contributed by atoms with Crippen LogP contribution in [0.25, 0.3) is 0 Å². The van der Waals surface area contributed by atoms with Gasteiger partial charge in [-0.2, -0.15) is 0 Å². The first-order chi connectivity index (χ1) is 11.3. The van der Waals surface area contributed by atoms with Gasteiger partial charge in [0, 0.05) is 6.42 Å². The number of carboxylic acids is 1. The van der Waals surface area contributed by atoms with Crippen molar-refractivity contribution in [1.29, 1.82) is 0 Å². The third kappa shape index (κ3) is 6.83. The molecule has 1 rings (SSSR count). The summed E-state index contributed by atoms with van der Waals surface area (Å²) >= 11 is 0. The lowest BCUT2D eigenvalue weighted by atomic mass is 10.1. The molecule has 0 bridgehead atoms. The molecule has 0 fully saturated rings. The average molecular weight is 339 g/mol. The number of carboxylic acid groups (broad SMARTS) is 1. The molecule has 24 heavy (non-hydrogen) atoms. The second-order valence-corrected chi connectivity index (χ2v) is 5.01. The molecular formula is C14H21N5O5. The van der Waals surface area contributed by atoms with Crippen LogP contribution in [0.4, 0.5) is 0 Å². The van der Waals surface area contributed by atoms with Crippen molar-refractivity contribution in [2.45, 2.75) is 24.9 Å². The number of nitrogens with zero attached hydrogens (tertiary/aromatic N) is 1. The van der Waals surface area contributed by atoms with Crippen LogP contribution in [0.3, 0.4) is 0 Å². The molecule has 0 spiro atoms. The highest BCUT2D eigenvalue weighted by Gasteiger charge is 2.23. The van der Waals surface area contributed by atoms with Gasteiger partial charge in [0.15, 0.2) is 0 Å². The smallest absolute Gasteiger partial charge is 0.326 e. The first-order valence-electron chi connectivity index (χ1n) is 7.07. The maximum Gasteiger partial charge on any atom is 0.326 e. The quantitative estimate of drug-likeness (QED) is 0.135. The number of oxime groups is 1. The van der Waals surface area contributed by atoms with Gasteiger partial charge in [0.05, 0.1) is 6.04 Å². The third-order valence-corrected chi connectivity index (χ3v) is 3.01. The van der Waals surface area contributed by atoms with E-state index in [1.54, 1.807) is 12.1 Å². The summed E-state index contributed by atoms with van der Waals surface area (Å²) in [6, 6.07) is 4.08. The van der Waals surface area contributed by atoms with E-state index >= 15 is 0 Å². The number of phenols is 1. The van der Waals surface area contributed by atoms with Crippen LogP contribution in [-0.4, -0.2) is 46.7 Å². The Balaban J connectivity index is 2.52. The number of nitrogens with one attached hydrogen (secondary N) is 1. The predicted octanol–water partition coefficient (Wildman–Crippen LogP) is -1.57. The van der Waals surface area contributed by atoms with Gasteiger partial charge in [-0.25, -0.2) is 4.79 Å². The second-order valence-electron chi connectivity index (χ2n) is 5.01. The molecule has 9 N–H and O–H groups in total. The molecule has 10 nitrogen and oxygen atoms in total. The largest absolute Gasteiger partial charge is 0.508 e. The van der Waals surface area contributed by atoms with Crippen LogP contribution < -0.4 is 22.5 Å². The van der Waals surface area contributed by atoms with E-state index in [2.05, 4.69) is 10.5 Å². The summed E-state index contributed by atoms with van der Waals surface area (Å²) in [6.07, 6.45) is 0.159. The van der Waals surface area contributed by atoms with Crippen LogP contribution in [0.2, 0.25) is 0 Å². The van der Waals surface area contributed by atoms with Crippen molar-refractivity contribution in [2.75, 3.05) is 6.61 Å². The number of guanidine groups is 1. The Hall–Kier alpha value is -3.01. The lowest BCUT2D eigenvalue weighted by Crippen LogP contribution is -2.49. The van der Waals surface area contributed by atoms with Gasteiger partial charge >= 0.3 is 5.97 Å². The molecule has 0 aliphatic heterocycles. The molecular weight excluding hydrogens is 318 g/mol. The highest BCUT2D eigenvalue weighted by Crippen LogP contribution is 2.11. The lowest BCUT2D eigenvalue weighted by molar-refractivity contribution is -0.142. The Kier molecular flexibility index (Phi) is 7.30. The van der Waals surface area contributed by atoms with Gasteiger partial charge in [-0.15, -0.1) is 0 Å². The monoisotopic (exact) mass is 339 g/mol. The maximum absolute atomic E-state index is 12.0. The Morgan fingerprint density at radius 3 is 2.42 bits per heavy atom. The fraction of sp³-hybridized carbons (Fsp3) is 0.357. The summed E-state index contributed by atoms with van der Waals surface area (Å²) in [5.74, 6) is -2.03. The number of rotatable bonds is 9. The molecule has 10 heteroatoms. The topological polar surface area (TPSA) is 186 Å². The van der Waals surface area contributed by atoms with Crippen LogP contribution in [0.15, 0.2) is 29.4 Å². The molecule has 1 aromatic rings. The molecule has 1 amide bonds. The van der Waals surface area contributed by atoms with E-state index in [-0.39, 0.29) is 31.2 Å². The number of hydrogen-bond donors (Lipinski definition) is 6. The van der Waals surface area contributed by atoms with Crippen molar-refractivity contribution in [1.82, 2.24) is 5.32 Å². The number of aliphatic carboxylic acids is 1. The van der Waals surface area contributed by atoms with Crippen LogP contribution in [-0.2, 0) is 20.8 Å². The normalized spacial score (nSPS) is 12.7. The summed E-state index contributed by atoms with van der Waals surface area (Å²) in [4.78, 5) is 27.9. The molecule has 0 saturated carbocycles. The van der Waals surface area contributed by atoms with Crippen molar-refractivity contribution in [3.05, 3.63) is 29.8 Å². The number of carbonyl (C=O) groups is 2. The molecule has 0 heterocycles. The van der Waals surface area contributed by atoms with E-state index in [9.17, 15) is 14.7 Å². The van der Waals surface area contributed by atoms with Gasteiger partial charge in [0.2, 0.25) is 11.9 Å². The molecule has 0 aromatic heterocycles. The van der Waals surface area contributed by atoms with E-state index in [4.69, 9.17) is 27.1 Å². The Bertz CT molecular complexity index is 586. The summed E-state index contributed by atoms with van der Waals surface area (Å²) in [6.45, 7) is -0.0949. The molecule has 0 aliphatic carbocycles. The highest BCUT2D eigenvalue weighted by atomic mass is 16.6. The minimum atomic E-state index is -1.23. The van der Waals surface area contributed by atoms with Gasteiger partial charge in [-0.1, -0.05) is 12.1 Å². The zero-order chi connectivity index (χ0) is 18.1. The summed E-state index contributed by atoms with van der Waals surface area (Å²) < 4.78 is 0. The molecule has 1 unspecified atom stereocenters. The molecule has 132 valence electrons. The van der Waals surface area contributed by atoms with Crippen molar-refractivity contribution in [2.24, 2.45) is 22.4 Å². The number of aromatic hydroxyl groups is 1. The maximum atomic E-state index is 12.0. The first kappa shape index (κ1) is 19.0. The van der Waals surface area contributed by atoms with Crippen LogP contribution in [0.5, 0.6) is 5.75 Å². The predicted molar refractivity (Wildman–Crippen MR) is 85.7 cm³/mol. The first-order valence-corrected chi connectivity index (χ1v) is 7.07. The van der Waals surface area contributed by atoms with Crippen molar-refractivity contribution in [3.8, 4) is 5.75 Å². The van der Waals surface area contributed by atoms with E-state index in [1.165, 1.54) is 12.1 Å². The number of phenolic OH excluding ortho intramolecular Hbond substituents is 1. The van der Waals surface area contributed by atoms with E-state index in [0.717, 1.165) is 5.56 Å². The van der Waals surface area contributed by atoms with Crippen molar-refractivity contribution >= 4 is 17.8 Å². The fourth-order valence-corrected chi connectivity index (χ4v) is 1.81. The molecule has 0 radical (unpaired) electrons. The van der Waals surface area contributed by atoms with Gasteiger partial charge in [0.25, 0.3) is 0 Å². The number of nitrogens with two attached hydrogens (primary N) is 3. The number of hydrogen-bond acceptors (Lipinski definition) is 6. The number of benzene rings is 1. The molecule has 2 atom stereocenters. The standard InChI is InChI=1S/C14H21N5O5/c15-10(7-8-1-3-9(20)4-2-8)12(21)18-11(13(22)23)5-6-24-19-14(16)17/h1-4,10-11,20H,5-7,15H2,(H,18,21)(H,22,23)(H4,16,17,19)/t10-,11?/m0/s1. The lowest BCUT2D eigenvalue weighted by Gasteiger charge is -2.17. The molecule has 1 aromatic carbocycles. The van der Waals surface area contributed by atoms with Crippen LogP contribution in [0.1, 0.15) is 12.0 Å². The van der Waals surface area contributed by atoms with Gasteiger partial charge < -0.3 is 37.6 Å².